The SMILES string of the molecule is CCS(=O)(=O)Nc1c(Cl)cc(F)c(-n2nnn(CCCF)c2=O)c1Cl. The van der Waals surface area contributed by atoms with Crippen LogP contribution in [0.4, 0.5) is 14.5 Å². The Labute approximate surface area is 151 Å². The van der Waals surface area contributed by atoms with E-state index in [0.29, 0.717) is 4.68 Å². The number of tetrazole rings is 1. The second-order valence-corrected chi connectivity index (χ2v) is 7.62. The van der Waals surface area contributed by atoms with Crippen molar-refractivity contribution in [1.29, 1.82) is 0 Å². The summed E-state index contributed by atoms with van der Waals surface area (Å²) in [6.07, 6.45) is 0.0248. The summed E-state index contributed by atoms with van der Waals surface area (Å²) in [5, 5.41) is 6.26. The van der Waals surface area contributed by atoms with Crippen LogP contribution in [0, 0.1) is 5.82 Å². The normalized spacial score (nSPS) is 11.7. The van der Waals surface area contributed by atoms with Gasteiger partial charge in [-0.1, -0.05) is 23.2 Å². The van der Waals surface area contributed by atoms with Gasteiger partial charge in [-0.3, -0.25) is 9.11 Å². The first-order chi connectivity index (χ1) is 11.7. The fourth-order valence-electron chi connectivity index (χ4n) is 1.86. The van der Waals surface area contributed by atoms with E-state index in [1.54, 1.807) is 0 Å². The molecule has 0 radical (unpaired) electrons. The fraction of sp³-hybridized carbons (Fsp3) is 0.417. The van der Waals surface area contributed by atoms with Crippen LogP contribution >= 0.6 is 23.2 Å². The number of rotatable bonds is 7. The molecule has 1 N–H and O–H groups in total. The first kappa shape index (κ1) is 19.6. The average Bonchev–Trinajstić information content (AvgIpc) is 2.90. The molecule has 0 spiro atoms. The number of aryl methyl sites for hydroxylation is 1. The van der Waals surface area contributed by atoms with E-state index in [-0.39, 0.29) is 29.4 Å². The number of anilines is 1. The van der Waals surface area contributed by atoms with Crippen LogP contribution < -0.4 is 10.4 Å². The van der Waals surface area contributed by atoms with Gasteiger partial charge in [-0.25, -0.2) is 17.6 Å². The van der Waals surface area contributed by atoms with Crippen LogP contribution in [0.1, 0.15) is 13.3 Å². The molecule has 1 heterocycles. The maximum absolute atomic E-state index is 14.3. The van der Waals surface area contributed by atoms with Crippen LogP contribution in [0.25, 0.3) is 5.69 Å². The molecule has 0 unspecified atom stereocenters. The number of nitrogens with zero attached hydrogens (tertiary/aromatic N) is 4. The number of hydrogen-bond donors (Lipinski definition) is 1. The number of halogens is 4. The minimum absolute atomic E-state index is 0.0248. The first-order valence-corrected chi connectivity index (χ1v) is 9.39. The van der Waals surface area contributed by atoms with E-state index in [0.717, 1.165) is 10.7 Å². The molecule has 13 heteroatoms. The molecule has 0 aliphatic heterocycles. The quantitative estimate of drug-likeness (QED) is 0.745. The Morgan fingerprint density at radius 2 is 2.00 bits per heavy atom. The molecule has 0 saturated heterocycles. The zero-order chi connectivity index (χ0) is 18.8. The number of hydrogen-bond acceptors (Lipinski definition) is 5. The first-order valence-electron chi connectivity index (χ1n) is 6.99. The highest BCUT2D eigenvalue weighted by molar-refractivity contribution is 7.92. The van der Waals surface area contributed by atoms with E-state index in [1.807, 2.05) is 0 Å². The molecule has 0 saturated carbocycles. The summed E-state index contributed by atoms with van der Waals surface area (Å²) in [5.74, 6) is -1.28. The summed E-state index contributed by atoms with van der Waals surface area (Å²) in [6, 6.07) is 0.795. The third-order valence-electron chi connectivity index (χ3n) is 3.14. The van der Waals surface area contributed by atoms with Gasteiger partial charge in [0.1, 0.15) is 5.69 Å². The highest BCUT2D eigenvalue weighted by atomic mass is 35.5. The van der Waals surface area contributed by atoms with E-state index in [1.165, 1.54) is 6.92 Å². The third-order valence-corrected chi connectivity index (χ3v) is 5.08. The molecule has 8 nitrogen and oxygen atoms in total. The largest absolute Gasteiger partial charge is 0.368 e. The van der Waals surface area contributed by atoms with Crippen molar-refractivity contribution in [3.8, 4) is 5.69 Å². The Bertz CT molecular complexity index is 945. The van der Waals surface area contributed by atoms with Gasteiger partial charge in [-0.15, -0.1) is 0 Å². The molecular weight excluding hydrogens is 403 g/mol. The monoisotopic (exact) mass is 415 g/mol. The molecule has 0 amide bonds. The summed E-state index contributed by atoms with van der Waals surface area (Å²) in [5.41, 5.74) is -1.66. The van der Waals surface area contributed by atoms with Gasteiger partial charge in [-0.2, -0.15) is 9.36 Å². The van der Waals surface area contributed by atoms with Crippen molar-refractivity contribution < 1.29 is 17.2 Å². The number of benzene rings is 1. The second-order valence-electron chi connectivity index (χ2n) is 4.82. The zero-order valence-electron chi connectivity index (χ0n) is 12.8. The van der Waals surface area contributed by atoms with Crippen molar-refractivity contribution in [3.63, 3.8) is 0 Å². The predicted molar refractivity (Wildman–Crippen MR) is 89.3 cm³/mol. The molecular formula is C12H13Cl2F2N5O3S. The van der Waals surface area contributed by atoms with Crippen molar-refractivity contribution in [2.75, 3.05) is 17.1 Å². The van der Waals surface area contributed by atoms with E-state index < -0.39 is 38.9 Å². The highest BCUT2D eigenvalue weighted by Crippen LogP contribution is 2.37. The fourth-order valence-corrected chi connectivity index (χ4v) is 3.24. The molecule has 2 aromatic rings. The van der Waals surface area contributed by atoms with Crippen LogP contribution in [0.3, 0.4) is 0 Å². The van der Waals surface area contributed by atoms with Crippen LogP contribution in [-0.2, 0) is 16.6 Å². The molecule has 138 valence electrons. The topological polar surface area (TPSA) is 98.9 Å². The Balaban J connectivity index is 2.60. The van der Waals surface area contributed by atoms with Gasteiger partial charge in [0.25, 0.3) is 0 Å². The van der Waals surface area contributed by atoms with E-state index in [2.05, 4.69) is 15.1 Å². The van der Waals surface area contributed by atoms with Crippen molar-refractivity contribution in [2.24, 2.45) is 0 Å². The lowest BCUT2D eigenvalue weighted by atomic mass is 10.2. The molecule has 1 aromatic heterocycles. The van der Waals surface area contributed by atoms with Gasteiger partial charge in [-0.05, 0) is 29.8 Å². The maximum Gasteiger partial charge on any atom is 0.368 e. The molecule has 0 aliphatic carbocycles. The van der Waals surface area contributed by atoms with Crippen LogP contribution in [0.5, 0.6) is 0 Å². The summed E-state index contributed by atoms with van der Waals surface area (Å²) in [7, 11) is -3.76. The Morgan fingerprint density at radius 3 is 2.60 bits per heavy atom. The highest BCUT2D eigenvalue weighted by Gasteiger charge is 2.23. The van der Waals surface area contributed by atoms with Crippen molar-refractivity contribution in [1.82, 2.24) is 19.8 Å². The van der Waals surface area contributed by atoms with Gasteiger partial charge in [0.15, 0.2) is 5.82 Å². The van der Waals surface area contributed by atoms with Crippen molar-refractivity contribution in [2.45, 2.75) is 19.9 Å². The lowest BCUT2D eigenvalue weighted by molar-refractivity contribution is 0.427. The Kier molecular flexibility index (Phi) is 6.01. The maximum atomic E-state index is 14.3. The molecule has 1 aromatic carbocycles. The lowest BCUT2D eigenvalue weighted by Gasteiger charge is -2.13. The van der Waals surface area contributed by atoms with Gasteiger partial charge in [0.2, 0.25) is 10.0 Å². The molecule has 0 fully saturated rings. The minimum atomic E-state index is -3.76. The lowest BCUT2D eigenvalue weighted by Crippen LogP contribution is -2.26. The average molecular weight is 416 g/mol. The van der Waals surface area contributed by atoms with E-state index in [4.69, 9.17) is 23.2 Å². The Morgan fingerprint density at radius 1 is 1.32 bits per heavy atom. The smallest absolute Gasteiger partial charge is 0.280 e. The molecule has 0 bridgehead atoms. The number of sulfonamides is 1. The predicted octanol–water partition coefficient (Wildman–Crippen LogP) is 2.00. The van der Waals surface area contributed by atoms with Gasteiger partial charge < -0.3 is 0 Å². The molecule has 25 heavy (non-hydrogen) atoms. The number of aromatic nitrogens is 4. The van der Waals surface area contributed by atoms with Crippen molar-refractivity contribution >= 4 is 38.9 Å². The number of nitrogens with one attached hydrogen (secondary N) is 1. The summed E-state index contributed by atoms with van der Waals surface area (Å²) < 4.78 is 53.5. The summed E-state index contributed by atoms with van der Waals surface area (Å²) >= 11 is 11.9. The van der Waals surface area contributed by atoms with Crippen molar-refractivity contribution in [3.05, 3.63) is 32.4 Å². The van der Waals surface area contributed by atoms with Crippen LogP contribution in [0.2, 0.25) is 10.0 Å². The third kappa shape index (κ3) is 4.10. The van der Waals surface area contributed by atoms with Crippen LogP contribution in [0.15, 0.2) is 10.9 Å². The Hall–Kier alpha value is -1.72. The zero-order valence-corrected chi connectivity index (χ0v) is 15.2. The molecule has 2 rings (SSSR count). The number of alkyl halides is 1. The summed E-state index contributed by atoms with van der Waals surface area (Å²) in [6.45, 7) is 0.658. The van der Waals surface area contributed by atoms with E-state index >= 15 is 0 Å². The van der Waals surface area contributed by atoms with Crippen LogP contribution in [-0.4, -0.2) is 40.6 Å². The molecule has 0 aliphatic rings. The van der Waals surface area contributed by atoms with Gasteiger partial charge >= 0.3 is 5.69 Å². The second kappa shape index (κ2) is 7.67. The minimum Gasteiger partial charge on any atom is -0.280 e. The van der Waals surface area contributed by atoms with Gasteiger partial charge in [0, 0.05) is 0 Å². The van der Waals surface area contributed by atoms with Gasteiger partial charge in [0.05, 0.1) is 34.7 Å². The standard InChI is InChI=1S/C12H13Cl2F2N5O3S/c1-2-25(23,24)17-10-7(13)6-8(16)11(9(10)14)21-12(22)20(18-19-21)5-3-4-15/h6,17H,2-5H2,1H3. The van der Waals surface area contributed by atoms with E-state index in [9.17, 15) is 22.0 Å². The summed E-state index contributed by atoms with van der Waals surface area (Å²) in [4.78, 5) is 12.2. The molecule has 0 atom stereocenters.